The fourth-order valence-corrected chi connectivity index (χ4v) is 1.37. The highest BCUT2D eigenvalue weighted by molar-refractivity contribution is 5.35. The van der Waals surface area contributed by atoms with Gasteiger partial charge in [0.2, 0.25) is 0 Å². The summed E-state index contributed by atoms with van der Waals surface area (Å²) in [5.74, 6) is 0.364. The SMILES string of the molecule is CCCn1ccnc(NC(C)(C)C(C)N)c1=O. The van der Waals surface area contributed by atoms with Crippen molar-refractivity contribution in [3.05, 3.63) is 22.7 Å². The van der Waals surface area contributed by atoms with Crippen molar-refractivity contribution in [3.63, 3.8) is 0 Å². The van der Waals surface area contributed by atoms with Crippen molar-refractivity contribution in [2.45, 2.75) is 52.2 Å². The van der Waals surface area contributed by atoms with Gasteiger partial charge in [-0.3, -0.25) is 4.79 Å². The number of nitrogens with two attached hydrogens (primary N) is 1. The normalized spacial score (nSPS) is 13.5. The van der Waals surface area contributed by atoms with Gasteiger partial charge in [-0.25, -0.2) is 4.98 Å². The van der Waals surface area contributed by atoms with Crippen molar-refractivity contribution in [2.75, 3.05) is 5.32 Å². The predicted molar refractivity (Wildman–Crippen MR) is 70.1 cm³/mol. The highest BCUT2D eigenvalue weighted by Gasteiger charge is 2.24. The van der Waals surface area contributed by atoms with Crippen LogP contribution in [-0.4, -0.2) is 21.1 Å². The lowest BCUT2D eigenvalue weighted by molar-refractivity contribution is 0.467. The van der Waals surface area contributed by atoms with Crippen LogP contribution in [0.25, 0.3) is 0 Å². The molecular formula is C12H22N4O. The number of nitrogens with one attached hydrogen (secondary N) is 1. The lowest BCUT2D eigenvalue weighted by Crippen LogP contribution is -2.48. The molecule has 0 amide bonds. The first kappa shape index (κ1) is 13.7. The maximum absolute atomic E-state index is 12.1. The molecule has 0 saturated heterocycles. The molecule has 1 aromatic rings. The number of aryl methyl sites for hydroxylation is 1. The molecule has 0 radical (unpaired) electrons. The molecule has 3 N–H and O–H groups in total. The first-order valence-electron chi connectivity index (χ1n) is 5.97. The van der Waals surface area contributed by atoms with Crippen LogP contribution < -0.4 is 16.6 Å². The van der Waals surface area contributed by atoms with E-state index in [1.807, 2.05) is 27.7 Å². The van der Waals surface area contributed by atoms with Gasteiger partial charge in [-0.2, -0.15) is 0 Å². The van der Waals surface area contributed by atoms with E-state index in [2.05, 4.69) is 10.3 Å². The van der Waals surface area contributed by atoms with E-state index in [4.69, 9.17) is 5.73 Å². The lowest BCUT2D eigenvalue weighted by atomic mass is 9.97. The summed E-state index contributed by atoms with van der Waals surface area (Å²) in [7, 11) is 0. The molecule has 96 valence electrons. The molecule has 1 unspecified atom stereocenters. The second-order valence-corrected chi connectivity index (χ2v) is 4.91. The quantitative estimate of drug-likeness (QED) is 0.808. The maximum atomic E-state index is 12.1. The Kier molecular flexibility index (Phi) is 4.28. The monoisotopic (exact) mass is 238 g/mol. The maximum Gasteiger partial charge on any atom is 0.293 e. The molecule has 1 aromatic heterocycles. The van der Waals surface area contributed by atoms with E-state index in [9.17, 15) is 4.79 Å². The van der Waals surface area contributed by atoms with E-state index in [0.717, 1.165) is 6.42 Å². The molecule has 0 aliphatic heterocycles. The third kappa shape index (κ3) is 3.30. The van der Waals surface area contributed by atoms with Gasteiger partial charge in [-0.1, -0.05) is 6.92 Å². The Bertz CT molecular complexity index is 423. The summed E-state index contributed by atoms with van der Waals surface area (Å²) >= 11 is 0. The number of rotatable bonds is 5. The van der Waals surface area contributed by atoms with E-state index >= 15 is 0 Å². The Morgan fingerprint density at radius 1 is 1.59 bits per heavy atom. The van der Waals surface area contributed by atoms with Crippen LogP contribution in [0.3, 0.4) is 0 Å². The van der Waals surface area contributed by atoms with Gasteiger partial charge in [0.25, 0.3) is 5.56 Å². The number of hydrogen-bond acceptors (Lipinski definition) is 4. The summed E-state index contributed by atoms with van der Waals surface area (Å²) in [6.45, 7) is 8.55. The third-order valence-electron chi connectivity index (χ3n) is 2.96. The largest absolute Gasteiger partial charge is 0.359 e. The third-order valence-corrected chi connectivity index (χ3v) is 2.96. The van der Waals surface area contributed by atoms with Gasteiger partial charge in [0.15, 0.2) is 5.82 Å². The minimum atomic E-state index is -0.364. The van der Waals surface area contributed by atoms with Crippen molar-refractivity contribution >= 4 is 5.82 Å². The molecule has 0 spiro atoms. The molecule has 0 bridgehead atoms. The summed E-state index contributed by atoms with van der Waals surface area (Å²) in [6, 6.07) is -0.0801. The first-order valence-corrected chi connectivity index (χ1v) is 5.97. The average Bonchev–Trinajstić information content (AvgIpc) is 2.24. The Labute approximate surface area is 102 Å². The summed E-state index contributed by atoms with van der Waals surface area (Å²) in [5.41, 5.74) is 5.41. The Hall–Kier alpha value is -1.36. The van der Waals surface area contributed by atoms with Crippen molar-refractivity contribution < 1.29 is 0 Å². The molecule has 0 aromatic carbocycles. The Balaban J connectivity index is 3.00. The van der Waals surface area contributed by atoms with Crippen LogP contribution in [0.1, 0.15) is 34.1 Å². The van der Waals surface area contributed by atoms with Gasteiger partial charge in [0.05, 0.1) is 0 Å². The van der Waals surface area contributed by atoms with E-state index in [1.54, 1.807) is 17.0 Å². The molecule has 0 aliphatic carbocycles. The molecule has 0 aliphatic rings. The summed E-state index contributed by atoms with van der Waals surface area (Å²) in [4.78, 5) is 16.1. The molecule has 1 heterocycles. The average molecular weight is 238 g/mol. The molecule has 0 fully saturated rings. The van der Waals surface area contributed by atoms with E-state index in [-0.39, 0.29) is 17.1 Å². The molecule has 1 atom stereocenters. The Morgan fingerprint density at radius 2 is 2.24 bits per heavy atom. The smallest absolute Gasteiger partial charge is 0.293 e. The fourth-order valence-electron chi connectivity index (χ4n) is 1.37. The van der Waals surface area contributed by atoms with Crippen LogP contribution in [-0.2, 0) is 6.54 Å². The van der Waals surface area contributed by atoms with Gasteiger partial charge in [0.1, 0.15) is 0 Å². The molecule has 5 heteroatoms. The predicted octanol–water partition coefficient (Wildman–Crippen LogP) is 1.19. The minimum Gasteiger partial charge on any atom is -0.359 e. The lowest BCUT2D eigenvalue weighted by Gasteiger charge is -2.30. The highest BCUT2D eigenvalue weighted by atomic mass is 16.1. The van der Waals surface area contributed by atoms with Crippen LogP contribution in [0.15, 0.2) is 17.2 Å². The molecule has 17 heavy (non-hydrogen) atoms. The Morgan fingerprint density at radius 3 is 2.76 bits per heavy atom. The van der Waals surface area contributed by atoms with Crippen LogP contribution in [0.5, 0.6) is 0 Å². The number of anilines is 1. The van der Waals surface area contributed by atoms with Gasteiger partial charge >= 0.3 is 0 Å². The number of nitrogens with zero attached hydrogens (tertiary/aromatic N) is 2. The minimum absolute atomic E-state index is 0.0801. The van der Waals surface area contributed by atoms with Gasteiger partial charge in [-0.05, 0) is 27.2 Å². The molecule has 0 saturated carbocycles. The van der Waals surface area contributed by atoms with Crippen molar-refractivity contribution in [3.8, 4) is 0 Å². The molecule has 5 nitrogen and oxygen atoms in total. The van der Waals surface area contributed by atoms with Crippen molar-refractivity contribution in [2.24, 2.45) is 5.73 Å². The van der Waals surface area contributed by atoms with Crippen LogP contribution in [0.2, 0.25) is 0 Å². The number of hydrogen-bond donors (Lipinski definition) is 2. The van der Waals surface area contributed by atoms with E-state index < -0.39 is 0 Å². The molecule has 1 rings (SSSR count). The van der Waals surface area contributed by atoms with Gasteiger partial charge < -0.3 is 15.6 Å². The summed E-state index contributed by atoms with van der Waals surface area (Å²) in [5, 5.41) is 3.12. The second kappa shape index (κ2) is 5.31. The summed E-state index contributed by atoms with van der Waals surface area (Å²) in [6.07, 6.45) is 4.26. The second-order valence-electron chi connectivity index (χ2n) is 4.91. The molecular weight excluding hydrogens is 216 g/mol. The zero-order valence-electron chi connectivity index (χ0n) is 11.0. The topological polar surface area (TPSA) is 72.9 Å². The zero-order chi connectivity index (χ0) is 13.1. The van der Waals surface area contributed by atoms with Crippen LogP contribution in [0.4, 0.5) is 5.82 Å². The van der Waals surface area contributed by atoms with Gasteiger partial charge in [-0.15, -0.1) is 0 Å². The first-order chi connectivity index (χ1) is 7.88. The number of aromatic nitrogens is 2. The zero-order valence-corrected chi connectivity index (χ0v) is 11.0. The highest BCUT2D eigenvalue weighted by Crippen LogP contribution is 2.12. The van der Waals surface area contributed by atoms with Crippen LogP contribution in [0, 0.1) is 0 Å². The van der Waals surface area contributed by atoms with Crippen molar-refractivity contribution in [1.82, 2.24) is 9.55 Å². The van der Waals surface area contributed by atoms with Crippen molar-refractivity contribution in [1.29, 1.82) is 0 Å². The van der Waals surface area contributed by atoms with Crippen LogP contribution >= 0.6 is 0 Å². The van der Waals surface area contributed by atoms with Gasteiger partial charge in [0, 0.05) is 30.5 Å². The van der Waals surface area contributed by atoms with E-state index in [0.29, 0.717) is 12.4 Å². The van der Waals surface area contributed by atoms with E-state index in [1.165, 1.54) is 0 Å². The summed E-state index contributed by atoms with van der Waals surface area (Å²) < 4.78 is 1.66. The standard InChI is InChI=1S/C12H22N4O/c1-5-7-16-8-6-14-10(11(16)17)15-12(3,4)9(2)13/h6,8-9H,5,7,13H2,1-4H3,(H,14,15). The fraction of sp³-hybridized carbons (Fsp3) is 0.667.